The summed E-state index contributed by atoms with van der Waals surface area (Å²) < 4.78 is 0.957. The number of nitrogens with one attached hydrogen (secondary N) is 1. The van der Waals surface area contributed by atoms with Crippen molar-refractivity contribution in [1.82, 2.24) is 0 Å². The van der Waals surface area contributed by atoms with Crippen LogP contribution < -0.4 is 5.32 Å². The monoisotopic (exact) mass is 335 g/mol. The molecule has 3 rings (SSSR count). The number of benzene rings is 2. The number of rotatable bonds is 2. The number of hydrogen-bond donors (Lipinski definition) is 1. The first kappa shape index (κ1) is 12.7. The molecule has 0 bridgehead atoms. The lowest BCUT2D eigenvalue weighted by molar-refractivity contribution is 0.103. The van der Waals surface area contributed by atoms with Crippen molar-refractivity contribution in [3.63, 3.8) is 0 Å². The summed E-state index contributed by atoms with van der Waals surface area (Å²) in [6, 6.07) is 11.0. The van der Waals surface area contributed by atoms with Gasteiger partial charge in [0.1, 0.15) is 0 Å². The highest BCUT2D eigenvalue weighted by Gasteiger charge is 2.20. The van der Waals surface area contributed by atoms with Crippen molar-refractivity contribution in [2.75, 3.05) is 11.9 Å². The molecule has 4 heteroatoms. The second kappa shape index (κ2) is 4.99. The average Bonchev–Trinajstić information content (AvgIpc) is 2.85. The molecule has 2 aromatic carbocycles. The van der Waals surface area contributed by atoms with Crippen molar-refractivity contribution in [2.45, 2.75) is 6.42 Å². The van der Waals surface area contributed by atoms with Crippen LogP contribution in [-0.4, -0.2) is 12.3 Å². The predicted octanol–water partition coefficient (Wildman–Crippen LogP) is 4.30. The molecule has 1 heterocycles. The van der Waals surface area contributed by atoms with Crippen molar-refractivity contribution in [3.05, 3.63) is 62.6 Å². The van der Waals surface area contributed by atoms with E-state index in [0.717, 1.165) is 28.7 Å². The molecule has 0 amide bonds. The van der Waals surface area contributed by atoms with Gasteiger partial charge in [-0.25, -0.2) is 0 Å². The zero-order valence-corrected chi connectivity index (χ0v) is 12.4. The van der Waals surface area contributed by atoms with Crippen LogP contribution in [0.3, 0.4) is 0 Å². The van der Waals surface area contributed by atoms with Gasteiger partial charge in [-0.05, 0) is 48.4 Å². The molecule has 0 aliphatic carbocycles. The van der Waals surface area contributed by atoms with Crippen molar-refractivity contribution in [2.24, 2.45) is 0 Å². The van der Waals surface area contributed by atoms with Gasteiger partial charge in [0.25, 0.3) is 0 Å². The van der Waals surface area contributed by atoms with Gasteiger partial charge in [-0.3, -0.25) is 4.79 Å². The Morgan fingerprint density at radius 2 is 1.95 bits per heavy atom. The Balaban J connectivity index is 2.07. The molecule has 0 spiro atoms. The van der Waals surface area contributed by atoms with Crippen LogP contribution in [0.2, 0.25) is 5.02 Å². The number of ketones is 1. The fourth-order valence-corrected chi connectivity index (χ4v) is 2.83. The second-order valence-corrected chi connectivity index (χ2v) is 5.85. The Hall–Kier alpha value is -1.32. The van der Waals surface area contributed by atoms with E-state index in [-0.39, 0.29) is 5.78 Å². The largest absolute Gasteiger partial charge is 0.384 e. The third-order valence-corrected chi connectivity index (χ3v) is 3.98. The minimum absolute atomic E-state index is 0.000602. The van der Waals surface area contributed by atoms with Crippen LogP contribution in [0.4, 0.5) is 5.69 Å². The van der Waals surface area contributed by atoms with Gasteiger partial charge in [0.2, 0.25) is 0 Å². The lowest BCUT2D eigenvalue weighted by Gasteiger charge is -2.09. The molecule has 1 aliphatic rings. The van der Waals surface area contributed by atoms with Crippen LogP contribution in [0.25, 0.3) is 0 Å². The van der Waals surface area contributed by atoms with Crippen molar-refractivity contribution < 1.29 is 4.79 Å². The number of anilines is 1. The molecule has 0 unspecified atom stereocenters. The summed E-state index contributed by atoms with van der Waals surface area (Å²) in [6.45, 7) is 0.857. The lowest BCUT2D eigenvalue weighted by Crippen LogP contribution is -2.05. The van der Waals surface area contributed by atoms with Gasteiger partial charge in [-0.2, -0.15) is 0 Å². The summed E-state index contributed by atoms with van der Waals surface area (Å²) in [6.07, 6.45) is 0.913. The van der Waals surface area contributed by atoms with Crippen LogP contribution >= 0.6 is 27.5 Å². The quantitative estimate of drug-likeness (QED) is 0.828. The standard InChI is InChI=1S/C15H11BrClNO/c16-11-3-1-9(2-4-11)15(19)13-8-12(17)7-10-5-6-18-14(10)13/h1-4,7-8,18H,5-6H2. The molecule has 19 heavy (non-hydrogen) atoms. The first-order valence-corrected chi connectivity index (χ1v) is 7.19. The molecule has 1 N–H and O–H groups in total. The zero-order chi connectivity index (χ0) is 13.4. The second-order valence-electron chi connectivity index (χ2n) is 4.50. The Morgan fingerprint density at radius 1 is 1.21 bits per heavy atom. The van der Waals surface area contributed by atoms with E-state index in [4.69, 9.17) is 11.6 Å². The molecule has 0 aromatic heterocycles. The van der Waals surface area contributed by atoms with Crippen molar-refractivity contribution >= 4 is 39.0 Å². The van der Waals surface area contributed by atoms with Gasteiger partial charge < -0.3 is 5.32 Å². The summed E-state index contributed by atoms with van der Waals surface area (Å²) in [5, 5.41) is 3.88. The maximum absolute atomic E-state index is 12.6. The van der Waals surface area contributed by atoms with Crippen LogP contribution in [0.1, 0.15) is 21.5 Å². The van der Waals surface area contributed by atoms with Gasteiger partial charge in [-0.15, -0.1) is 0 Å². The highest BCUT2D eigenvalue weighted by Crippen LogP contribution is 2.31. The van der Waals surface area contributed by atoms with Crippen LogP contribution in [-0.2, 0) is 6.42 Å². The highest BCUT2D eigenvalue weighted by atomic mass is 79.9. The first-order valence-electron chi connectivity index (χ1n) is 6.02. The van der Waals surface area contributed by atoms with Gasteiger partial charge in [0, 0.05) is 32.9 Å². The minimum atomic E-state index is 0.000602. The topological polar surface area (TPSA) is 29.1 Å². The first-order chi connectivity index (χ1) is 9.15. The van der Waals surface area contributed by atoms with E-state index in [2.05, 4.69) is 21.2 Å². The molecule has 2 aromatic rings. The number of halogens is 2. The SMILES string of the molecule is O=C(c1ccc(Br)cc1)c1cc(Cl)cc2c1NCC2. The Bertz CT molecular complexity index is 652. The maximum atomic E-state index is 12.6. The van der Waals surface area contributed by atoms with E-state index in [1.54, 1.807) is 6.07 Å². The highest BCUT2D eigenvalue weighted by molar-refractivity contribution is 9.10. The minimum Gasteiger partial charge on any atom is -0.384 e. The molecule has 0 radical (unpaired) electrons. The third kappa shape index (κ3) is 2.40. The number of carbonyl (C=O) groups excluding carboxylic acids is 1. The Morgan fingerprint density at radius 3 is 2.68 bits per heavy atom. The smallest absolute Gasteiger partial charge is 0.195 e. The normalized spacial score (nSPS) is 12.9. The van der Waals surface area contributed by atoms with E-state index in [0.29, 0.717) is 16.1 Å². The van der Waals surface area contributed by atoms with Crippen molar-refractivity contribution in [3.8, 4) is 0 Å². The van der Waals surface area contributed by atoms with E-state index in [9.17, 15) is 4.79 Å². The molecule has 0 saturated carbocycles. The van der Waals surface area contributed by atoms with Gasteiger partial charge >= 0.3 is 0 Å². The van der Waals surface area contributed by atoms with Gasteiger partial charge in [-0.1, -0.05) is 27.5 Å². The molecular weight excluding hydrogens is 326 g/mol. The third-order valence-electron chi connectivity index (χ3n) is 3.23. The zero-order valence-electron chi connectivity index (χ0n) is 10.0. The van der Waals surface area contributed by atoms with Crippen LogP contribution in [0, 0.1) is 0 Å². The average molecular weight is 337 g/mol. The molecule has 0 fully saturated rings. The summed E-state index contributed by atoms with van der Waals surface area (Å²) in [7, 11) is 0. The lowest BCUT2D eigenvalue weighted by atomic mass is 9.99. The molecule has 96 valence electrons. The fourth-order valence-electron chi connectivity index (χ4n) is 2.33. The van der Waals surface area contributed by atoms with Crippen LogP contribution in [0.15, 0.2) is 40.9 Å². The van der Waals surface area contributed by atoms with E-state index in [1.807, 2.05) is 30.3 Å². The molecule has 0 saturated heterocycles. The molecule has 0 atom stereocenters. The summed E-state index contributed by atoms with van der Waals surface area (Å²) >= 11 is 9.47. The summed E-state index contributed by atoms with van der Waals surface area (Å²) in [5.74, 6) is 0.000602. The van der Waals surface area contributed by atoms with Crippen LogP contribution in [0.5, 0.6) is 0 Å². The van der Waals surface area contributed by atoms with E-state index >= 15 is 0 Å². The van der Waals surface area contributed by atoms with E-state index in [1.165, 1.54) is 0 Å². The number of fused-ring (bicyclic) bond motifs is 1. The van der Waals surface area contributed by atoms with E-state index < -0.39 is 0 Å². The Kier molecular flexibility index (Phi) is 3.33. The number of hydrogen-bond acceptors (Lipinski definition) is 2. The summed E-state index contributed by atoms with van der Waals surface area (Å²) in [5.41, 5.74) is 3.37. The Labute approximate surface area is 124 Å². The van der Waals surface area contributed by atoms with Crippen molar-refractivity contribution in [1.29, 1.82) is 0 Å². The van der Waals surface area contributed by atoms with Gasteiger partial charge in [0.15, 0.2) is 5.78 Å². The molecule has 1 aliphatic heterocycles. The molecule has 2 nitrogen and oxygen atoms in total. The molecular formula is C15H11BrClNO. The summed E-state index contributed by atoms with van der Waals surface area (Å²) in [4.78, 5) is 12.6. The van der Waals surface area contributed by atoms with Gasteiger partial charge in [0.05, 0.1) is 0 Å². The fraction of sp³-hybridized carbons (Fsp3) is 0.133. The maximum Gasteiger partial charge on any atom is 0.195 e. The number of carbonyl (C=O) groups is 1. The predicted molar refractivity (Wildman–Crippen MR) is 81.2 cm³/mol.